The molecular weight excluding hydrogens is 431 g/mol. The zero-order valence-electron chi connectivity index (χ0n) is 20.9. The Morgan fingerprint density at radius 3 is 1.39 bits per heavy atom. The van der Waals surface area contributed by atoms with Gasteiger partial charge in [-0.15, -0.1) is 0 Å². The molecule has 3 rings (SSSR count). The van der Waals surface area contributed by atoms with Crippen molar-refractivity contribution in [3.05, 3.63) is 89.0 Å². The molecule has 0 amide bonds. The average molecular weight is 467 g/mol. The minimum atomic E-state index is -4.05. The molecule has 5 heteroatoms. The van der Waals surface area contributed by atoms with Crippen LogP contribution in [0.3, 0.4) is 0 Å². The largest absolute Gasteiger partial charge is 0.647 e. The molecule has 0 spiro atoms. The average Bonchev–Trinajstić information content (AvgIpc) is 2.70. The fraction of sp³-hybridized carbons (Fsp3) is 0.357. The molecule has 0 bridgehead atoms. The van der Waals surface area contributed by atoms with Crippen molar-refractivity contribution >= 4 is 7.82 Å². The molecule has 3 aromatic carbocycles. The first-order valence-electron chi connectivity index (χ1n) is 11.2. The molecule has 0 saturated carbocycles. The van der Waals surface area contributed by atoms with Gasteiger partial charge in [-0.25, -0.2) is 0 Å². The molecule has 0 fully saturated rings. The van der Waals surface area contributed by atoms with Gasteiger partial charge in [0.05, 0.1) is 0 Å². The van der Waals surface area contributed by atoms with E-state index in [2.05, 4.69) is 41.5 Å². The van der Waals surface area contributed by atoms with Crippen LogP contribution in [0.15, 0.2) is 66.7 Å². The van der Waals surface area contributed by atoms with E-state index in [1.807, 2.05) is 68.4 Å². The Hall–Kier alpha value is -2.71. The summed E-state index contributed by atoms with van der Waals surface area (Å²) in [5.41, 5.74) is 4.05. The molecule has 0 N–H and O–H groups in total. The third-order valence-corrected chi connectivity index (χ3v) is 6.74. The molecule has 3 aromatic rings. The molecule has 33 heavy (non-hydrogen) atoms. The second-order valence-electron chi connectivity index (χ2n) is 10.5. The third kappa shape index (κ3) is 6.42. The van der Waals surface area contributed by atoms with Gasteiger partial charge < -0.3 is 13.6 Å². The fourth-order valence-electron chi connectivity index (χ4n) is 3.34. The molecule has 0 radical (unpaired) electrons. The maximum absolute atomic E-state index is 13.9. The number of hydrogen-bond acceptors (Lipinski definition) is 4. The van der Waals surface area contributed by atoms with E-state index in [1.165, 1.54) is 11.1 Å². The normalized spacial score (nSPS) is 12.4. The number of para-hydroxylation sites is 1. The molecule has 0 aliphatic carbocycles. The molecule has 0 atom stereocenters. The third-order valence-electron chi connectivity index (χ3n) is 5.46. The van der Waals surface area contributed by atoms with Crippen molar-refractivity contribution in [1.82, 2.24) is 0 Å². The number of aryl methyl sites for hydroxylation is 2. The van der Waals surface area contributed by atoms with E-state index in [0.717, 1.165) is 11.1 Å². The molecule has 0 aliphatic heterocycles. The molecule has 0 aromatic heterocycles. The van der Waals surface area contributed by atoms with Gasteiger partial charge in [0.15, 0.2) is 0 Å². The van der Waals surface area contributed by atoms with Crippen LogP contribution in [-0.4, -0.2) is 0 Å². The van der Waals surface area contributed by atoms with Crippen LogP contribution in [0, 0.1) is 13.8 Å². The maximum Gasteiger partial charge on any atom is 0.647 e. The van der Waals surface area contributed by atoms with Crippen molar-refractivity contribution in [3.8, 4) is 17.2 Å². The van der Waals surface area contributed by atoms with Crippen molar-refractivity contribution in [1.29, 1.82) is 0 Å². The minimum Gasteiger partial charge on any atom is -0.386 e. The highest BCUT2D eigenvalue weighted by Gasteiger charge is 2.34. The Morgan fingerprint density at radius 1 is 0.606 bits per heavy atom. The van der Waals surface area contributed by atoms with E-state index in [0.29, 0.717) is 17.2 Å². The van der Waals surface area contributed by atoms with Crippen molar-refractivity contribution in [2.75, 3.05) is 0 Å². The van der Waals surface area contributed by atoms with Gasteiger partial charge in [-0.3, -0.25) is 0 Å². The highest BCUT2D eigenvalue weighted by molar-refractivity contribution is 7.49. The van der Waals surface area contributed by atoms with Crippen LogP contribution in [-0.2, 0) is 15.4 Å². The smallest absolute Gasteiger partial charge is 0.386 e. The van der Waals surface area contributed by atoms with Crippen LogP contribution in [0.25, 0.3) is 0 Å². The van der Waals surface area contributed by atoms with Gasteiger partial charge in [0, 0.05) is 0 Å². The van der Waals surface area contributed by atoms with Gasteiger partial charge in [0.25, 0.3) is 0 Å². The summed E-state index contributed by atoms with van der Waals surface area (Å²) in [6.07, 6.45) is 0. The van der Waals surface area contributed by atoms with E-state index in [4.69, 9.17) is 13.6 Å². The Balaban J connectivity index is 1.97. The van der Waals surface area contributed by atoms with Crippen LogP contribution >= 0.6 is 7.82 Å². The molecule has 176 valence electrons. The van der Waals surface area contributed by atoms with Gasteiger partial charge in [0.2, 0.25) is 0 Å². The van der Waals surface area contributed by atoms with E-state index in [1.54, 1.807) is 12.1 Å². The first-order valence-corrected chi connectivity index (χ1v) is 12.7. The van der Waals surface area contributed by atoms with Crippen LogP contribution in [0.5, 0.6) is 17.2 Å². The lowest BCUT2D eigenvalue weighted by Gasteiger charge is -2.24. The van der Waals surface area contributed by atoms with Gasteiger partial charge in [-0.2, -0.15) is 4.57 Å². The van der Waals surface area contributed by atoms with Crippen molar-refractivity contribution < 1.29 is 18.1 Å². The lowest BCUT2D eigenvalue weighted by Crippen LogP contribution is -2.13. The zero-order chi connectivity index (χ0) is 24.4. The van der Waals surface area contributed by atoms with Crippen molar-refractivity contribution in [2.45, 2.75) is 66.2 Å². The Labute approximate surface area is 198 Å². The van der Waals surface area contributed by atoms with E-state index in [9.17, 15) is 4.57 Å². The SMILES string of the molecule is Cc1cc(C(C)(C)C)ccc1OP(=O)(Oc1ccccc1)Oc1ccc(C(C)(C)C)cc1C. The summed E-state index contributed by atoms with van der Waals surface area (Å²) in [5.74, 6) is 1.34. The molecule has 0 aliphatic rings. The maximum atomic E-state index is 13.9. The van der Waals surface area contributed by atoms with E-state index >= 15 is 0 Å². The Bertz CT molecular complexity index is 1090. The van der Waals surface area contributed by atoms with Crippen LogP contribution in [0.4, 0.5) is 0 Å². The monoisotopic (exact) mass is 466 g/mol. The number of hydrogen-bond donors (Lipinski definition) is 0. The topological polar surface area (TPSA) is 44.8 Å². The summed E-state index contributed by atoms with van der Waals surface area (Å²) in [7, 11) is -4.05. The van der Waals surface area contributed by atoms with Crippen LogP contribution in [0.1, 0.15) is 63.8 Å². The molecule has 0 heterocycles. The standard InChI is InChI=1S/C28H35O4P/c1-20-18-22(27(3,4)5)14-16-25(20)31-33(29,30-24-12-10-9-11-13-24)32-26-17-15-23(19-21(26)2)28(6,7)8/h9-19H,1-8H3. The summed E-state index contributed by atoms with van der Waals surface area (Å²) >= 11 is 0. The Morgan fingerprint density at radius 2 is 1.03 bits per heavy atom. The fourth-order valence-corrected chi connectivity index (χ4v) is 4.73. The van der Waals surface area contributed by atoms with Crippen molar-refractivity contribution in [3.63, 3.8) is 0 Å². The second kappa shape index (κ2) is 9.27. The molecule has 0 unspecified atom stereocenters. The van der Waals surface area contributed by atoms with Crippen LogP contribution in [0.2, 0.25) is 0 Å². The predicted molar refractivity (Wildman–Crippen MR) is 136 cm³/mol. The highest BCUT2D eigenvalue weighted by atomic mass is 31.2. The summed E-state index contributed by atoms with van der Waals surface area (Å²) < 4.78 is 31.7. The lowest BCUT2D eigenvalue weighted by atomic mass is 9.86. The molecular formula is C28H35O4P. The predicted octanol–water partition coefficient (Wildman–Crippen LogP) is 8.54. The van der Waals surface area contributed by atoms with E-state index in [-0.39, 0.29) is 10.8 Å². The lowest BCUT2D eigenvalue weighted by molar-refractivity contribution is 0.297. The van der Waals surface area contributed by atoms with Gasteiger partial charge in [0.1, 0.15) is 17.2 Å². The first-order chi connectivity index (χ1) is 15.3. The summed E-state index contributed by atoms with van der Waals surface area (Å²) in [6.45, 7) is 16.8. The number of phosphoric ester groups is 1. The van der Waals surface area contributed by atoms with Gasteiger partial charge >= 0.3 is 7.82 Å². The van der Waals surface area contributed by atoms with Crippen LogP contribution < -0.4 is 13.6 Å². The minimum absolute atomic E-state index is 0.00403. The first kappa shape index (κ1) is 24.9. The van der Waals surface area contributed by atoms with E-state index < -0.39 is 7.82 Å². The summed E-state index contributed by atoms with van der Waals surface area (Å²) in [6, 6.07) is 20.7. The quantitative estimate of drug-likeness (QED) is 0.341. The van der Waals surface area contributed by atoms with Gasteiger partial charge in [-0.1, -0.05) is 84.0 Å². The summed E-state index contributed by atoms with van der Waals surface area (Å²) in [5, 5.41) is 0. The molecule has 0 saturated heterocycles. The summed E-state index contributed by atoms with van der Waals surface area (Å²) in [4.78, 5) is 0. The second-order valence-corrected chi connectivity index (χ2v) is 11.9. The number of rotatable bonds is 6. The Kier molecular flexibility index (Phi) is 7.00. The van der Waals surface area contributed by atoms with Gasteiger partial charge in [-0.05, 0) is 71.2 Å². The number of benzene rings is 3. The zero-order valence-corrected chi connectivity index (χ0v) is 21.8. The molecule has 4 nitrogen and oxygen atoms in total. The van der Waals surface area contributed by atoms with Crippen molar-refractivity contribution in [2.24, 2.45) is 0 Å². The number of phosphoric acid groups is 1. The highest BCUT2D eigenvalue weighted by Crippen LogP contribution is 2.51.